The predicted octanol–water partition coefficient (Wildman–Crippen LogP) is 3.29. The summed E-state index contributed by atoms with van der Waals surface area (Å²) in [6.07, 6.45) is 2.57. The molecule has 5 rings (SSSR count). The largest absolute Gasteiger partial charge is 0.497 e. The first-order valence-corrected chi connectivity index (χ1v) is 10.5. The number of nitrogens with two attached hydrogens (primary N) is 1. The molecule has 31 heavy (non-hydrogen) atoms. The van der Waals surface area contributed by atoms with E-state index in [1.165, 1.54) is 18.4 Å². The molecule has 1 aliphatic rings. The van der Waals surface area contributed by atoms with Crippen LogP contribution in [0.25, 0.3) is 16.6 Å². The maximum absolute atomic E-state index is 6.20. The van der Waals surface area contributed by atoms with E-state index in [2.05, 4.69) is 27.1 Å². The van der Waals surface area contributed by atoms with Crippen LogP contribution in [0.4, 0.5) is 5.95 Å². The molecule has 160 valence electrons. The zero-order valence-electron chi connectivity index (χ0n) is 17.8. The first kappa shape index (κ1) is 19.6. The highest BCUT2D eigenvalue weighted by molar-refractivity contribution is 5.95. The van der Waals surface area contributed by atoms with Gasteiger partial charge < -0.3 is 15.2 Å². The van der Waals surface area contributed by atoms with Gasteiger partial charge in [0.25, 0.3) is 0 Å². The van der Waals surface area contributed by atoms with Crippen LogP contribution in [0.3, 0.4) is 0 Å². The van der Waals surface area contributed by atoms with Gasteiger partial charge >= 0.3 is 0 Å². The van der Waals surface area contributed by atoms with Crippen molar-refractivity contribution < 1.29 is 9.47 Å². The molecule has 2 aromatic carbocycles. The second-order valence-corrected chi connectivity index (χ2v) is 8.05. The normalized spacial score (nSPS) is 13.9. The fourth-order valence-electron chi connectivity index (χ4n) is 3.98. The lowest BCUT2D eigenvalue weighted by Crippen LogP contribution is -2.25. The van der Waals surface area contributed by atoms with Gasteiger partial charge in [-0.1, -0.05) is 18.2 Å². The fraction of sp³-hybridized carbons (Fsp3) is 0.348. The van der Waals surface area contributed by atoms with E-state index < -0.39 is 0 Å². The second kappa shape index (κ2) is 8.03. The number of rotatable bonds is 8. The molecule has 2 N–H and O–H groups in total. The van der Waals surface area contributed by atoms with Crippen molar-refractivity contribution in [2.24, 2.45) is 5.92 Å². The summed E-state index contributed by atoms with van der Waals surface area (Å²) in [6, 6.07) is 14.0. The lowest BCUT2D eigenvalue weighted by Gasteiger charge is -2.21. The number of fused-ring (bicyclic) bond motifs is 3. The third kappa shape index (κ3) is 3.98. The predicted molar refractivity (Wildman–Crippen MR) is 119 cm³/mol. The highest BCUT2D eigenvalue weighted by atomic mass is 16.5. The first-order chi connectivity index (χ1) is 15.1. The van der Waals surface area contributed by atoms with Crippen LogP contribution in [-0.2, 0) is 13.1 Å². The fourth-order valence-corrected chi connectivity index (χ4v) is 3.98. The highest BCUT2D eigenvalue weighted by Gasteiger charge is 2.25. The Morgan fingerprint density at radius 1 is 1.06 bits per heavy atom. The van der Waals surface area contributed by atoms with E-state index in [0.717, 1.165) is 36.0 Å². The van der Waals surface area contributed by atoms with Crippen molar-refractivity contribution in [3.05, 3.63) is 53.9 Å². The molecular weight excluding hydrogens is 392 g/mol. The molecule has 8 heteroatoms. The summed E-state index contributed by atoms with van der Waals surface area (Å²) in [7, 11) is 3.32. The minimum Gasteiger partial charge on any atom is -0.497 e. The summed E-state index contributed by atoms with van der Waals surface area (Å²) in [6.45, 7) is 2.47. The lowest BCUT2D eigenvalue weighted by atomic mass is 10.2. The Bertz CT molecular complexity index is 1230. The van der Waals surface area contributed by atoms with Gasteiger partial charge in [-0.3, -0.25) is 4.90 Å². The SMILES string of the molecule is COc1cccc(CN(Cc2nc3c4cccc(OC)c4nc(N)n3n2)CC2CC2)c1. The number of benzene rings is 2. The Kier molecular flexibility index (Phi) is 5.07. The Hall–Kier alpha value is -3.39. The van der Waals surface area contributed by atoms with Crippen molar-refractivity contribution >= 4 is 22.5 Å². The summed E-state index contributed by atoms with van der Waals surface area (Å²) in [5.41, 5.74) is 8.80. The highest BCUT2D eigenvalue weighted by Crippen LogP contribution is 2.31. The van der Waals surface area contributed by atoms with Crippen LogP contribution in [0.5, 0.6) is 11.5 Å². The Labute approximate surface area is 180 Å². The van der Waals surface area contributed by atoms with E-state index in [9.17, 15) is 0 Å². The Morgan fingerprint density at radius 3 is 2.68 bits per heavy atom. The van der Waals surface area contributed by atoms with Gasteiger partial charge in [0.15, 0.2) is 11.5 Å². The molecule has 4 aromatic rings. The van der Waals surface area contributed by atoms with Crippen LogP contribution in [0.15, 0.2) is 42.5 Å². The molecule has 2 aromatic heterocycles. The Balaban J connectivity index is 1.48. The average molecular weight is 419 g/mol. The van der Waals surface area contributed by atoms with Gasteiger partial charge in [0.05, 0.1) is 20.8 Å². The molecule has 0 unspecified atom stereocenters. The zero-order valence-corrected chi connectivity index (χ0v) is 17.8. The third-order valence-electron chi connectivity index (χ3n) is 5.67. The van der Waals surface area contributed by atoms with E-state index >= 15 is 0 Å². The molecule has 0 bridgehead atoms. The smallest absolute Gasteiger partial charge is 0.223 e. The van der Waals surface area contributed by atoms with Crippen LogP contribution in [-0.4, -0.2) is 45.2 Å². The zero-order chi connectivity index (χ0) is 21.4. The standard InChI is InChI=1S/C23H26N6O2/c1-30-17-6-3-5-16(11-17)13-28(12-15-9-10-15)14-20-25-22-18-7-4-8-19(31-2)21(18)26-23(24)29(22)27-20/h3-8,11,15H,9-10,12-14H2,1-2H3,(H2,24,26). The number of methoxy groups -OCH3 is 2. The van der Waals surface area contributed by atoms with Gasteiger partial charge in [-0.15, -0.1) is 5.10 Å². The van der Waals surface area contributed by atoms with Crippen molar-refractivity contribution in [3.63, 3.8) is 0 Å². The number of nitrogen functional groups attached to an aromatic ring is 1. The van der Waals surface area contributed by atoms with Crippen molar-refractivity contribution in [1.29, 1.82) is 0 Å². The molecule has 0 radical (unpaired) electrons. The summed E-state index contributed by atoms with van der Waals surface area (Å²) in [4.78, 5) is 11.7. The summed E-state index contributed by atoms with van der Waals surface area (Å²) in [5, 5.41) is 5.54. The molecule has 0 atom stereocenters. The van der Waals surface area contributed by atoms with E-state index in [1.54, 1.807) is 18.7 Å². The maximum atomic E-state index is 6.20. The summed E-state index contributed by atoms with van der Waals surface area (Å²) >= 11 is 0. The van der Waals surface area contributed by atoms with E-state index in [0.29, 0.717) is 29.4 Å². The van der Waals surface area contributed by atoms with Gasteiger partial charge in [-0.2, -0.15) is 4.52 Å². The van der Waals surface area contributed by atoms with E-state index in [-0.39, 0.29) is 0 Å². The number of ether oxygens (including phenoxy) is 2. The molecule has 0 amide bonds. The van der Waals surface area contributed by atoms with Gasteiger partial charge in [-0.05, 0) is 48.6 Å². The molecule has 1 saturated carbocycles. The number of hydrogen-bond acceptors (Lipinski definition) is 7. The molecule has 0 spiro atoms. The van der Waals surface area contributed by atoms with Crippen LogP contribution < -0.4 is 15.2 Å². The van der Waals surface area contributed by atoms with E-state index in [1.807, 2.05) is 30.3 Å². The van der Waals surface area contributed by atoms with Crippen LogP contribution in [0.2, 0.25) is 0 Å². The average Bonchev–Trinajstić information content (AvgIpc) is 3.49. The first-order valence-electron chi connectivity index (χ1n) is 10.5. The molecule has 1 aliphatic carbocycles. The minimum absolute atomic E-state index is 0.298. The molecule has 0 saturated heterocycles. The molecular formula is C23H26N6O2. The van der Waals surface area contributed by atoms with Gasteiger partial charge in [0, 0.05) is 18.5 Å². The van der Waals surface area contributed by atoms with Gasteiger partial charge in [0.2, 0.25) is 5.95 Å². The number of anilines is 1. The number of hydrogen-bond donors (Lipinski definition) is 1. The number of nitrogens with zero attached hydrogens (tertiary/aromatic N) is 5. The van der Waals surface area contributed by atoms with Gasteiger partial charge in [0.1, 0.15) is 17.0 Å². The van der Waals surface area contributed by atoms with Crippen LogP contribution in [0.1, 0.15) is 24.2 Å². The molecule has 8 nitrogen and oxygen atoms in total. The van der Waals surface area contributed by atoms with Crippen LogP contribution in [0, 0.1) is 5.92 Å². The second-order valence-electron chi connectivity index (χ2n) is 8.05. The molecule has 2 heterocycles. The minimum atomic E-state index is 0.298. The summed E-state index contributed by atoms with van der Waals surface area (Å²) in [5.74, 6) is 3.32. The number of para-hydroxylation sites is 1. The number of aromatic nitrogens is 4. The molecule has 1 fully saturated rings. The Morgan fingerprint density at radius 2 is 1.90 bits per heavy atom. The third-order valence-corrected chi connectivity index (χ3v) is 5.67. The van der Waals surface area contributed by atoms with Crippen molar-refractivity contribution in [2.75, 3.05) is 26.5 Å². The molecule has 0 aliphatic heterocycles. The maximum Gasteiger partial charge on any atom is 0.223 e. The monoisotopic (exact) mass is 418 g/mol. The van der Waals surface area contributed by atoms with Crippen LogP contribution >= 0.6 is 0 Å². The van der Waals surface area contributed by atoms with Crippen molar-refractivity contribution in [2.45, 2.75) is 25.9 Å². The van der Waals surface area contributed by atoms with Crippen molar-refractivity contribution in [1.82, 2.24) is 24.5 Å². The quantitative estimate of drug-likeness (QED) is 0.469. The summed E-state index contributed by atoms with van der Waals surface area (Å²) < 4.78 is 12.5. The van der Waals surface area contributed by atoms with Gasteiger partial charge in [-0.25, -0.2) is 9.97 Å². The van der Waals surface area contributed by atoms with E-state index in [4.69, 9.17) is 20.2 Å². The lowest BCUT2D eigenvalue weighted by molar-refractivity contribution is 0.239. The van der Waals surface area contributed by atoms with Crippen molar-refractivity contribution in [3.8, 4) is 11.5 Å². The topological polar surface area (TPSA) is 90.8 Å².